The number of benzene rings is 1. The van der Waals surface area contributed by atoms with Crippen molar-refractivity contribution in [1.29, 1.82) is 0 Å². The molecule has 0 bridgehead atoms. The van der Waals surface area contributed by atoms with Crippen LogP contribution in [0.4, 0.5) is 0 Å². The molecule has 2 rings (SSSR count). The molecule has 0 aromatic heterocycles. The van der Waals surface area contributed by atoms with E-state index in [1.807, 2.05) is 47.9 Å². The monoisotopic (exact) mass is 308 g/mol. The van der Waals surface area contributed by atoms with Crippen LogP contribution in [-0.4, -0.2) is 42.5 Å². The van der Waals surface area contributed by atoms with Gasteiger partial charge in [-0.1, -0.05) is 25.1 Å². The van der Waals surface area contributed by atoms with E-state index in [9.17, 15) is 4.79 Å². The summed E-state index contributed by atoms with van der Waals surface area (Å²) in [5, 5.41) is 3.38. The summed E-state index contributed by atoms with van der Waals surface area (Å²) in [4.78, 5) is 14.4. The molecular weight excluding hydrogens is 284 g/mol. The fourth-order valence-corrected chi connectivity index (χ4v) is 3.47. The highest BCUT2D eigenvalue weighted by atomic mass is 32.2. The Balaban J connectivity index is 2.25. The molecule has 1 heterocycles. The van der Waals surface area contributed by atoms with E-state index in [1.165, 1.54) is 0 Å². The average Bonchev–Trinajstić information content (AvgIpc) is 2.75. The van der Waals surface area contributed by atoms with E-state index in [1.54, 1.807) is 7.11 Å². The van der Waals surface area contributed by atoms with E-state index in [-0.39, 0.29) is 18.1 Å². The number of thioether (sulfide) groups is 1. The number of carbonyl (C=O) groups excluding carboxylic acids is 1. The molecule has 21 heavy (non-hydrogen) atoms. The highest BCUT2D eigenvalue weighted by Gasteiger charge is 2.38. The fraction of sp³-hybridized carbons (Fsp3) is 0.562. The maximum absolute atomic E-state index is 12.4. The second-order valence-corrected chi connectivity index (χ2v) is 6.49. The third-order valence-corrected chi connectivity index (χ3v) is 4.67. The molecule has 0 spiro atoms. The SMILES string of the molecule is COc1ccccc1C1NC(C)C(=O)N1CC(C)CSC. The molecular formula is C16H24N2O2S. The molecule has 1 aliphatic heterocycles. The van der Waals surface area contributed by atoms with Crippen LogP contribution >= 0.6 is 11.8 Å². The zero-order chi connectivity index (χ0) is 15.4. The van der Waals surface area contributed by atoms with Gasteiger partial charge in [0, 0.05) is 12.1 Å². The molecule has 1 aromatic rings. The summed E-state index contributed by atoms with van der Waals surface area (Å²) >= 11 is 1.82. The summed E-state index contributed by atoms with van der Waals surface area (Å²) in [6.45, 7) is 4.87. The van der Waals surface area contributed by atoms with Crippen molar-refractivity contribution in [3.63, 3.8) is 0 Å². The van der Waals surface area contributed by atoms with Crippen molar-refractivity contribution in [2.45, 2.75) is 26.1 Å². The topological polar surface area (TPSA) is 41.6 Å². The number of methoxy groups -OCH3 is 1. The first-order chi connectivity index (χ1) is 10.1. The number of ether oxygens (including phenoxy) is 1. The maximum Gasteiger partial charge on any atom is 0.241 e. The molecule has 1 N–H and O–H groups in total. The van der Waals surface area contributed by atoms with E-state index in [0.29, 0.717) is 5.92 Å². The van der Waals surface area contributed by atoms with Gasteiger partial charge in [-0.15, -0.1) is 0 Å². The number of rotatable bonds is 6. The summed E-state index contributed by atoms with van der Waals surface area (Å²) in [6, 6.07) is 7.74. The highest BCUT2D eigenvalue weighted by Crippen LogP contribution is 2.32. The molecule has 0 saturated carbocycles. The molecule has 4 nitrogen and oxygen atoms in total. The molecule has 3 unspecified atom stereocenters. The summed E-state index contributed by atoms with van der Waals surface area (Å²) in [5.74, 6) is 2.50. The molecule has 5 heteroatoms. The van der Waals surface area contributed by atoms with Gasteiger partial charge in [-0.25, -0.2) is 0 Å². The van der Waals surface area contributed by atoms with E-state index in [0.717, 1.165) is 23.6 Å². The fourth-order valence-electron chi connectivity index (χ4n) is 2.79. The van der Waals surface area contributed by atoms with Crippen LogP contribution in [0, 0.1) is 5.92 Å². The lowest BCUT2D eigenvalue weighted by Gasteiger charge is -2.28. The van der Waals surface area contributed by atoms with E-state index >= 15 is 0 Å². The number of hydrogen-bond donors (Lipinski definition) is 1. The van der Waals surface area contributed by atoms with Gasteiger partial charge < -0.3 is 9.64 Å². The van der Waals surface area contributed by atoms with Crippen molar-refractivity contribution >= 4 is 17.7 Å². The molecule has 116 valence electrons. The first kappa shape index (κ1) is 16.2. The highest BCUT2D eigenvalue weighted by molar-refractivity contribution is 7.98. The third kappa shape index (κ3) is 3.52. The van der Waals surface area contributed by atoms with Crippen LogP contribution in [0.5, 0.6) is 5.75 Å². The molecule has 1 saturated heterocycles. The number of para-hydroxylation sites is 1. The van der Waals surface area contributed by atoms with Gasteiger partial charge >= 0.3 is 0 Å². The van der Waals surface area contributed by atoms with Crippen molar-refractivity contribution < 1.29 is 9.53 Å². The van der Waals surface area contributed by atoms with Gasteiger partial charge in [-0.05, 0) is 30.9 Å². The second kappa shape index (κ2) is 7.18. The van der Waals surface area contributed by atoms with Crippen LogP contribution in [0.25, 0.3) is 0 Å². The first-order valence-electron chi connectivity index (χ1n) is 7.26. The Kier molecular flexibility index (Phi) is 5.53. The standard InChI is InChI=1S/C16H24N2O2S/c1-11(10-21-4)9-18-15(17-12(2)16(18)19)13-7-5-6-8-14(13)20-3/h5-8,11-12,15,17H,9-10H2,1-4H3. The van der Waals surface area contributed by atoms with Gasteiger partial charge in [0.15, 0.2) is 0 Å². The lowest BCUT2D eigenvalue weighted by atomic mass is 10.1. The number of amides is 1. The Labute approximate surface area is 131 Å². The van der Waals surface area contributed by atoms with Gasteiger partial charge in [-0.3, -0.25) is 10.1 Å². The van der Waals surface area contributed by atoms with Crippen molar-refractivity contribution in [2.24, 2.45) is 5.92 Å². The smallest absolute Gasteiger partial charge is 0.241 e. The normalized spacial score (nSPS) is 23.4. The Hall–Kier alpha value is -1.20. The Morgan fingerprint density at radius 1 is 1.43 bits per heavy atom. The number of nitrogens with one attached hydrogen (secondary N) is 1. The predicted molar refractivity (Wildman–Crippen MR) is 87.6 cm³/mol. The molecule has 1 amide bonds. The summed E-state index contributed by atoms with van der Waals surface area (Å²) in [6.07, 6.45) is 1.99. The summed E-state index contributed by atoms with van der Waals surface area (Å²) in [5.41, 5.74) is 1.02. The number of carbonyl (C=O) groups is 1. The summed E-state index contributed by atoms with van der Waals surface area (Å²) in [7, 11) is 1.67. The third-order valence-electron chi connectivity index (χ3n) is 3.77. The molecule has 1 aliphatic rings. The predicted octanol–water partition coefficient (Wildman–Crippen LogP) is 2.51. The minimum atomic E-state index is -0.151. The quantitative estimate of drug-likeness (QED) is 0.877. The Morgan fingerprint density at radius 2 is 2.14 bits per heavy atom. The zero-order valence-corrected chi connectivity index (χ0v) is 13.9. The van der Waals surface area contributed by atoms with Gasteiger partial charge in [0.2, 0.25) is 5.91 Å². The first-order valence-corrected chi connectivity index (χ1v) is 8.66. The van der Waals surface area contributed by atoms with Crippen LogP contribution in [-0.2, 0) is 4.79 Å². The van der Waals surface area contributed by atoms with Gasteiger partial charge in [0.25, 0.3) is 0 Å². The van der Waals surface area contributed by atoms with Crippen LogP contribution < -0.4 is 10.1 Å². The lowest BCUT2D eigenvalue weighted by molar-refractivity contribution is -0.130. The van der Waals surface area contributed by atoms with Crippen LogP contribution in [0.3, 0.4) is 0 Å². The molecule has 3 atom stereocenters. The van der Waals surface area contributed by atoms with Gasteiger partial charge in [0.05, 0.1) is 13.2 Å². The van der Waals surface area contributed by atoms with Gasteiger partial charge in [-0.2, -0.15) is 11.8 Å². The Morgan fingerprint density at radius 3 is 2.81 bits per heavy atom. The minimum Gasteiger partial charge on any atom is -0.496 e. The largest absolute Gasteiger partial charge is 0.496 e. The van der Waals surface area contributed by atoms with Crippen LogP contribution in [0.2, 0.25) is 0 Å². The van der Waals surface area contributed by atoms with Crippen molar-refractivity contribution in [3.8, 4) is 5.75 Å². The van der Waals surface area contributed by atoms with Crippen molar-refractivity contribution in [1.82, 2.24) is 10.2 Å². The number of hydrogen-bond acceptors (Lipinski definition) is 4. The number of nitrogens with zero attached hydrogens (tertiary/aromatic N) is 1. The van der Waals surface area contributed by atoms with Crippen LogP contribution in [0.15, 0.2) is 24.3 Å². The minimum absolute atomic E-state index is 0.104. The average molecular weight is 308 g/mol. The zero-order valence-electron chi connectivity index (χ0n) is 13.1. The molecule has 1 aromatic carbocycles. The molecule has 0 aliphatic carbocycles. The van der Waals surface area contributed by atoms with Gasteiger partial charge in [0.1, 0.15) is 11.9 Å². The van der Waals surface area contributed by atoms with Crippen molar-refractivity contribution in [2.75, 3.05) is 25.7 Å². The van der Waals surface area contributed by atoms with Crippen LogP contribution in [0.1, 0.15) is 25.6 Å². The van der Waals surface area contributed by atoms with E-state index < -0.39 is 0 Å². The van der Waals surface area contributed by atoms with E-state index in [4.69, 9.17) is 4.74 Å². The second-order valence-electron chi connectivity index (χ2n) is 5.58. The lowest BCUT2D eigenvalue weighted by Crippen LogP contribution is -2.35. The molecule has 1 fully saturated rings. The van der Waals surface area contributed by atoms with Crippen molar-refractivity contribution in [3.05, 3.63) is 29.8 Å². The molecule has 0 radical (unpaired) electrons. The maximum atomic E-state index is 12.4. The Bertz CT molecular complexity index is 495. The van der Waals surface area contributed by atoms with E-state index in [2.05, 4.69) is 18.5 Å². The summed E-state index contributed by atoms with van der Waals surface area (Å²) < 4.78 is 5.45.